The van der Waals surface area contributed by atoms with E-state index in [-0.39, 0.29) is 23.6 Å². The number of ketones is 1. The molecule has 7 heteroatoms. The maximum Gasteiger partial charge on any atom is 0.309 e. The molecule has 3 aromatic rings. The average molecular weight is 478 g/mol. The van der Waals surface area contributed by atoms with E-state index in [0.717, 1.165) is 11.1 Å². The maximum absolute atomic E-state index is 13.1. The predicted molar refractivity (Wildman–Crippen MR) is 131 cm³/mol. The first-order valence-corrected chi connectivity index (χ1v) is 11.6. The van der Waals surface area contributed by atoms with E-state index in [9.17, 15) is 14.7 Å². The van der Waals surface area contributed by atoms with Crippen LogP contribution in [0.3, 0.4) is 0 Å². The molecular weight excluding hydrogens is 446 g/mol. The van der Waals surface area contributed by atoms with E-state index in [1.165, 1.54) is 19.4 Å². The number of hydrogen-bond donors (Lipinski definition) is 1. The summed E-state index contributed by atoms with van der Waals surface area (Å²) in [4.78, 5) is 29.8. The molecule has 35 heavy (non-hydrogen) atoms. The van der Waals surface area contributed by atoms with Crippen LogP contribution in [0.1, 0.15) is 48.8 Å². The number of esters is 1. The van der Waals surface area contributed by atoms with Crippen LogP contribution in [0.2, 0.25) is 0 Å². The molecule has 0 fully saturated rings. The number of Topliss-reactive ketones (excluding diaryl/α,β-unsaturated/α-hetero) is 1. The largest absolute Gasteiger partial charge is 0.503 e. The zero-order valence-electron chi connectivity index (χ0n) is 20.4. The highest BCUT2D eigenvalue weighted by atomic mass is 16.6. The molecule has 0 saturated carbocycles. The number of ether oxygens (including phenoxy) is 3. The van der Waals surface area contributed by atoms with Crippen molar-refractivity contribution in [2.24, 2.45) is 5.92 Å². The normalized spacial score (nSPS) is 13.0. The third-order valence-corrected chi connectivity index (χ3v) is 5.91. The van der Waals surface area contributed by atoms with Crippen molar-refractivity contribution in [1.82, 2.24) is 4.98 Å². The number of benzene rings is 2. The zero-order chi connectivity index (χ0) is 25.4. The minimum atomic E-state index is -1.04. The Labute approximate surface area is 205 Å². The van der Waals surface area contributed by atoms with E-state index < -0.39 is 29.4 Å². The molecule has 7 nitrogen and oxygen atoms in total. The van der Waals surface area contributed by atoms with Gasteiger partial charge in [0.1, 0.15) is 6.10 Å². The van der Waals surface area contributed by atoms with Crippen molar-refractivity contribution in [3.8, 4) is 11.5 Å². The second-order valence-electron chi connectivity index (χ2n) is 8.22. The average Bonchev–Trinajstić information content (AvgIpc) is 2.88. The number of rotatable bonds is 11. The molecule has 3 rings (SSSR count). The van der Waals surface area contributed by atoms with Gasteiger partial charge >= 0.3 is 5.97 Å². The molecule has 0 bridgehead atoms. The maximum atomic E-state index is 13.1. The van der Waals surface area contributed by atoms with Gasteiger partial charge in [-0.3, -0.25) is 9.59 Å². The molecule has 1 N–H and O–H groups in total. The number of carbonyl (C=O) groups is 2. The van der Waals surface area contributed by atoms with Crippen LogP contribution >= 0.6 is 0 Å². The molecule has 0 aliphatic carbocycles. The van der Waals surface area contributed by atoms with Crippen molar-refractivity contribution in [2.45, 2.75) is 38.9 Å². The van der Waals surface area contributed by atoms with Crippen molar-refractivity contribution in [1.29, 1.82) is 0 Å². The van der Waals surface area contributed by atoms with Gasteiger partial charge < -0.3 is 19.3 Å². The first-order valence-electron chi connectivity index (χ1n) is 11.6. The lowest BCUT2D eigenvalue weighted by molar-refractivity contribution is -0.170. The highest BCUT2D eigenvalue weighted by molar-refractivity contribution is 5.99. The van der Waals surface area contributed by atoms with Crippen LogP contribution in [0, 0.1) is 5.92 Å². The van der Waals surface area contributed by atoms with Gasteiger partial charge in [0.05, 0.1) is 13.0 Å². The van der Waals surface area contributed by atoms with Gasteiger partial charge in [-0.15, -0.1) is 0 Å². The molecule has 184 valence electrons. The van der Waals surface area contributed by atoms with E-state index in [1.54, 1.807) is 13.8 Å². The van der Waals surface area contributed by atoms with Gasteiger partial charge in [-0.25, -0.2) is 4.98 Å². The van der Waals surface area contributed by atoms with Gasteiger partial charge in [0.15, 0.2) is 28.6 Å². The number of aromatic nitrogens is 1. The SMILES string of the molecule is CCOC(c1ccccc1)(c1ccccc1)[C@H](C)OC(=O)[C@H](C)CC(=O)c1nccc(OC)c1O. The molecule has 0 unspecified atom stereocenters. The quantitative estimate of drug-likeness (QED) is 0.309. The first-order chi connectivity index (χ1) is 16.8. The smallest absolute Gasteiger partial charge is 0.309 e. The van der Waals surface area contributed by atoms with Crippen molar-refractivity contribution in [3.05, 3.63) is 89.7 Å². The lowest BCUT2D eigenvalue weighted by Crippen LogP contribution is -2.45. The Morgan fingerprint density at radius 3 is 2.06 bits per heavy atom. The fourth-order valence-corrected chi connectivity index (χ4v) is 4.16. The van der Waals surface area contributed by atoms with Crippen LogP contribution < -0.4 is 4.74 Å². The highest BCUT2D eigenvalue weighted by Gasteiger charge is 2.43. The van der Waals surface area contributed by atoms with E-state index >= 15 is 0 Å². The third-order valence-electron chi connectivity index (χ3n) is 5.91. The third kappa shape index (κ3) is 5.52. The van der Waals surface area contributed by atoms with Gasteiger partial charge in [-0.05, 0) is 25.0 Å². The summed E-state index contributed by atoms with van der Waals surface area (Å²) in [6, 6.07) is 20.7. The summed E-state index contributed by atoms with van der Waals surface area (Å²) in [5.74, 6) is -2.02. The Balaban J connectivity index is 1.85. The van der Waals surface area contributed by atoms with Crippen LogP contribution in [0.15, 0.2) is 72.9 Å². The first kappa shape index (κ1) is 25.9. The standard InChI is InChI=1S/C28H31NO6/c1-5-34-28(21-12-8-6-9-13-21,22-14-10-7-11-15-22)20(3)35-27(32)19(2)18-23(30)25-26(31)24(33-4)16-17-29-25/h6-17,19-20,31H,5,18H2,1-4H3/t19-,20+/m1/s1. The molecule has 0 aliphatic rings. The predicted octanol–water partition coefficient (Wildman–Crippen LogP) is 4.92. The van der Waals surface area contributed by atoms with Gasteiger partial charge in [0, 0.05) is 25.3 Å². The molecule has 0 radical (unpaired) electrons. The number of methoxy groups -OCH3 is 1. The summed E-state index contributed by atoms with van der Waals surface area (Å²) >= 11 is 0. The second-order valence-corrected chi connectivity index (χ2v) is 8.22. The monoisotopic (exact) mass is 477 g/mol. The van der Waals surface area contributed by atoms with Crippen molar-refractivity contribution < 1.29 is 28.9 Å². The zero-order valence-corrected chi connectivity index (χ0v) is 20.4. The number of hydrogen-bond acceptors (Lipinski definition) is 7. The molecule has 2 atom stereocenters. The van der Waals surface area contributed by atoms with E-state index in [2.05, 4.69) is 4.98 Å². The molecule has 0 amide bonds. The molecule has 0 spiro atoms. The fourth-order valence-electron chi connectivity index (χ4n) is 4.16. The van der Waals surface area contributed by atoms with Gasteiger partial charge in [0.25, 0.3) is 0 Å². The Bertz CT molecular complexity index is 1090. The van der Waals surface area contributed by atoms with E-state index in [0.29, 0.717) is 6.61 Å². The Kier molecular flexibility index (Phi) is 8.60. The Hall–Kier alpha value is -3.71. The summed E-state index contributed by atoms with van der Waals surface area (Å²) in [5.41, 5.74) is 0.517. The lowest BCUT2D eigenvalue weighted by Gasteiger charge is -2.39. The molecule has 0 aliphatic heterocycles. The lowest BCUT2D eigenvalue weighted by atomic mass is 9.81. The summed E-state index contributed by atoms with van der Waals surface area (Å²) < 4.78 is 17.3. The van der Waals surface area contributed by atoms with Gasteiger partial charge in [-0.1, -0.05) is 67.6 Å². The number of nitrogens with zero attached hydrogens (tertiary/aromatic N) is 1. The van der Waals surface area contributed by atoms with Gasteiger partial charge in [0.2, 0.25) is 0 Å². The summed E-state index contributed by atoms with van der Waals surface area (Å²) in [6.07, 6.45) is 0.477. The highest BCUT2D eigenvalue weighted by Crippen LogP contribution is 2.39. The molecule has 1 aromatic heterocycles. The number of pyridine rings is 1. The minimum Gasteiger partial charge on any atom is -0.503 e. The van der Waals surface area contributed by atoms with E-state index in [4.69, 9.17) is 14.2 Å². The summed E-state index contributed by atoms with van der Waals surface area (Å²) in [6.45, 7) is 5.68. The van der Waals surface area contributed by atoms with E-state index in [1.807, 2.05) is 67.6 Å². The topological polar surface area (TPSA) is 95.0 Å². The van der Waals surface area contributed by atoms with Crippen molar-refractivity contribution in [2.75, 3.05) is 13.7 Å². The number of carbonyl (C=O) groups excluding carboxylic acids is 2. The number of aromatic hydroxyl groups is 1. The fraction of sp³-hybridized carbons (Fsp3) is 0.321. The van der Waals surface area contributed by atoms with Crippen LogP contribution in [-0.4, -0.2) is 41.7 Å². The van der Waals surface area contributed by atoms with Crippen LogP contribution in [0.5, 0.6) is 11.5 Å². The van der Waals surface area contributed by atoms with Crippen molar-refractivity contribution >= 4 is 11.8 Å². The van der Waals surface area contributed by atoms with Crippen LogP contribution in [-0.2, 0) is 19.9 Å². The van der Waals surface area contributed by atoms with Crippen molar-refractivity contribution in [3.63, 3.8) is 0 Å². The van der Waals surface area contributed by atoms with Crippen LogP contribution in [0.25, 0.3) is 0 Å². The summed E-state index contributed by atoms with van der Waals surface area (Å²) in [7, 11) is 1.38. The summed E-state index contributed by atoms with van der Waals surface area (Å²) in [5, 5.41) is 10.2. The second kappa shape index (κ2) is 11.6. The van der Waals surface area contributed by atoms with Gasteiger partial charge in [-0.2, -0.15) is 0 Å². The Morgan fingerprint density at radius 2 is 1.54 bits per heavy atom. The Morgan fingerprint density at radius 1 is 0.971 bits per heavy atom. The molecule has 0 saturated heterocycles. The minimum absolute atomic E-state index is 0.138. The van der Waals surface area contributed by atoms with Crippen LogP contribution in [0.4, 0.5) is 0 Å². The molecule has 2 aromatic carbocycles. The molecular formula is C28H31NO6. The molecule has 1 heterocycles.